The van der Waals surface area contributed by atoms with Crippen molar-refractivity contribution in [2.75, 3.05) is 13.6 Å². The second-order valence-electron chi connectivity index (χ2n) is 2.80. The zero-order chi connectivity index (χ0) is 8.55. The van der Waals surface area contributed by atoms with E-state index in [-0.39, 0.29) is 12.1 Å². The third-order valence-electron chi connectivity index (χ3n) is 2.04. The van der Waals surface area contributed by atoms with Gasteiger partial charge < -0.3 is 9.88 Å². The third-order valence-corrected chi connectivity index (χ3v) is 2.04. The molecule has 1 aliphatic heterocycles. The highest BCUT2D eigenvalue weighted by molar-refractivity contribution is 5.80. The van der Waals surface area contributed by atoms with Crippen molar-refractivity contribution in [3.63, 3.8) is 0 Å². The third kappa shape index (κ3) is 0.984. The van der Waals surface area contributed by atoms with E-state index in [0.29, 0.717) is 6.54 Å². The first-order chi connectivity index (χ1) is 5.79. The normalized spacial score (nSPS) is 23.6. The SMILES string of the molecule is CN1C(=O)CNC1c1cnc[nH]1. The first-order valence-corrected chi connectivity index (χ1v) is 3.76. The highest BCUT2D eigenvalue weighted by Gasteiger charge is 2.28. The number of nitrogens with zero attached hydrogens (tertiary/aromatic N) is 2. The molecule has 0 aromatic carbocycles. The van der Waals surface area contributed by atoms with Gasteiger partial charge in [-0.1, -0.05) is 0 Å². The Morgan fingerprint density at radius 2 is 2.58 bits per heavy atom. The standard InChI is InChI=1S/C7H10N4O/c1-11-6(12)3-9-7(11)5-2-8-4-10-5/h2,4,7,9H,3H2,1H3,(H,8,10). The van der Waals surface area contributed by atoms with E-state index >= 15 is 0 Å². The number of hydrogen-bond donors (Lipinski definition) is 2. The molecule has 12 heavy (non-hydrogen) atoms. The molecule has 2 N–H and O–H groups in total. The van der Waals surface area contributed by atoms with Gasteiger partial charge in [0.2, 0.25) is 5.91 Å². The average molecular weight is 166 g/mol. The lowest BCUT2D eigenvalue weighted by atomic mass is 10.3. The van der Waals surface area contributed by atoms with Crippen LogP contribution in [0.4, 0.5) is 0 Å². The summed E-state index contributed by atoms with van der Waals surface area (Å²) >= 11 is 0. The number of nitrogens with one attached hydrogen (secondary N) is 2. The van der Waals surface area contributed by atoms with Crippen molar-refractivity contribution >= 4 is 5.91 Å². The Kier molecular flexibility index (Phi) is 1.58. The molecule has 0 radical (unpaired) electrons. The van der Waals surface area contributed by atoms with Crippen molar-refractivity contribution < 1.29 is 4.79 Å². The van der Waals surface area contributed by atoms with Crippen LogP contribution in [0.25, 0.3) is 0 Å². The summed E-state index contributed by atoms with van der Waals surface area (Å²) in [6.07, 6.45) is 3.28. The molecule has 1 saturated heterocycles. The van der Waals surface area contributed by atoms with E-state index in [9.17, 15) is 4.79 Å². The molecule has 5 nitrogen and oxygen atoms in total. The van der Waals surface area contributed by atoms with E-state index in [1.165, 1.54) is 0 Å². The number of aromatic nitrogens is 2. The summed E-state index contributed by atoms with van der Waals surface area (Å²) in [7, 11) is 1.77. The fraction of sp³-hybridized carbons (Fsp3) is 0.429. The van der Waals surface area contributed by atoms with Gasteiger partial charge in [-0.2, -0.15) is 0 Å². The van der Waals surface area contributed by atoms with Crippen LogP contribution < -0.4 is 5.32 Å². The van der Waals surface area contributed by atoms with Crippen LogP contribution in [0.5, 0.6) is 0 Å². The molecule has 1 fully saturated rings. The molecule has 0 saturated carbocycles. The van der Waals surface area contributed by atoms with E-state index < -0.39 is 0 Å². The van der Waals surface area contributed by atoms with E-state index in [4.69, 9.17) is 0 Å². The summed E-state index contributed by atoms with van der Waals surface area (Å²) in [5.74, 6) is 0.106. The molecule has 0 bridgehead atoms. The van der Waals surface area contributed by atoms with Crippen molar-refractivity contribution in [1.29, 1.82) is 0 Å². The Morgan fingerprint density at radius 1 is 1.75 bits per heavy atom. The van der Waals surface area contributed by atoms with Gasteiger partial charge in [-0.25, -0.2) is 4.98 Å². The minimum absolute atomic E-state index is 0.0417. The summed E-state index contributed by atoms with van der Waals surface area (Å²) in [5, 5.41) is 3.06. The van der Waals surface area contributed by atoms with Crippen LogP contribution in [0.1, 0.15) is 11.9 Å². The molecule has 2 heterocycles. The lowest BCUT2D eigenvalue weighted by Crippen LogP contribution is -2.26. The van der Waals surface area contributed by atoms with Crippen LogP contribution in [-0.4, -0.2) is 34.4 Å². The predicted octanol–water partition coefficient (Wildman–Crippen LogP) is -0.530. The first-order valence-electron chi connectivity index (χ1n) is 3.76. The number of carbonyl (C=O) groups excluding carboxylic acids is 1. The van der Waals surface area contributed by atoms with Gasteiger partial charge in [-0.3, -0.25) is 10.1 Å². The minimum Gasteiger partial charge on any atom is -0.346 e. The van der Waals surface area contributed by atoms with Crippen molar-refractivity contribution in [3.05, 3.63) is 18.2 Å². The van der Waals surface area contributed by atoms with E-state index in [1.54, 1.807) is 24.5 Å². The summed E-state index contributed by atoms with van der Waals surface area (Å²) in [5.41, 5.74) is 0.920. The van der Waals surface area contributed by atoms with Gasteiger partial charge in [0.25, 0.3) is 0 Å². The summed E-state index contributed by atoms with van der Waals surface area (Å²) in [6, 6.07) is 0. The van der Waals surface area contributed by atoms with Gasteiger partial charge in [0.15, 0.2) is 0 Å². The average Bonchev–Trinajstić information content (AvgIpc) is 2.64. The number of H-pyrrole nitrogens is 1. The van der Waals surface area contributed by atoms with Crippen molar-refractivity contribution in [3.8, 4) is 0 Å². The van der Waals surface area contributed by atoms with Crippen molar-refractivity contribution in [1.82, 2.24) is 20.2 Å². The van der Waals surface area contributed by atoms with E-state index in [0.717, 1.165) is 5.69 Å². The number of imidazole rings is 1. The Balaban J connectivity index is 2.21. The molecule has 64 valence electrons. The fourth-order valence-electron chi connectivity index (χ4n) is 1.32. The van der Waals surface area contributed by atoms with Gasteiger partial charge in [-0.15, -0.1) is 0 Å². The number of likely N-dealkylation sites (N-methyl/N-ethyl adjacent to an activating group) is 1. The second kappa shape index (κ2) is 2.60. The summed E-state index contributed by atoms with van der Waals surface area (Å²) in [4.78, 5) is 19.6. The zero-order valence-electron chi connectivity index (χ0n) is 6.74. The van der Waals surface area contributed by atoms with Crippen LogP contribution in [0.2, 0.25) is 0 Å². The highest BCUT2D eigenvalue weighted by Crippen LogP contribution is 2.17. The van der Waals surface area contributed by atoms with Crippen LogP contribution in [-0.2, 0) is 4.79 Å². The molecular formula is C7H10N4O. The van der Waals surface area contributed by atoms with Crippen LogP contribution >= 0.6 is 0 Å². The zero-order valence-corrected chi connectivity index (χ0v) is 6.74. The van der Waals surface area contributed by atoms with Crippen LogP contribution in [0, 0.1) is 0 Å². The number of hydrogen-bond acceptors (Lipinski definition) is 3. The van der Waals surface area contributed by atoms with Gasteiger partial charge in [-0.05, 0) is 0 Å². The van der Waals surface area contributed by atoms with Crippen molar-refractivity contribution in [2.24, 2.45) is 0 Å². The van der Waals surface area contributed by atoms with Crippen LogP contribution in [0.3, 0.4) is 0 Å². The first kappa shape index (κ1) is 7.30. The summed E-state index contributed by atoms with van der Waals surface area (Å²) < 4.78 is 0. The quantitative estimate of drug-likeness (QED) is 0.589. The van der Waals surface area contributed by atoms with E-state index in [1.807, 2.05) is 0 Å². The predicted molar refractivity (Wildman–Crippen MR) is 42.1 cm³/mol. The minimum atomic E-state index is -0.0417. The number of rotatable bonds is 1. The molecule has 1 aliphatic rings. The molecule has 2 rings (SSSR count). The van der Waals surface area contributed by atoms with Crippen molar-refractivity contribution in [2.45, 2.75) is 6.17 Å². The molecule has 1 unspecified atom stereocenters. The number of aromatic amines is 1. The molecule has 1 amide bonds. The van der Waals surface area contributed by atoms with Gasteiger partial charge in [0.1, 0.15) is 6.17 Å². The lowest BCUT2D eigenvalue weighted by Gasteiger charge is -2.17. The molecule has 1 aromatic rings. The van der Waals surface area contributed by atoms with Crippen LogP contribution in [0.15, 0.2) is 12.5 Å². The Hall–Kier alpha value is -1.36. The maximum atomic E-state index is 11.1. The highest BCUT2D eigenvalue weighted by atomic mass is 16.2. The lowest BCUT2D eigenvalue weighted by molar-refractivity contribution is -0.126. The summed E-state index contributed by atoms with van der Waals surface area (Å²) in [6.45, 7) is 0.403. The maximum absolute atomic E-state index is 11.1. The van der Waals surface area contributed by atoms with Gasteiger partial charge in [0.05, 0.1) is 24.8 Å². The molecule has 5 heteroatoms. The monoisotopic (exact) mass is 166 g/mol. The largest absolute Gasteiger partial charge is 0.346 e. The number of carbonyl (C=O) groups is 1. The number of amides is 1. The van der Waals surface area contributed by atoms with Gasteiger partial charge in [0, 0.05) is 7.05 Å². The van der Waals surface area contributed by atoms with Gasteiger partial charge >= 0.3 is 0 Å². The maximum Gasteiger partial charge on any atom is 0.237 e. The molecular weight excluding hydrogens is 156 g/mol. The Morgan fingerprint density at radius 3 is 3.08 bits per heavy atom. The topological polar surface area (TPSA) is 61.0 Å². The Labute approximate surface area is 69.8 Å². The molecule has 1 atom stereocenters. The Bertz CT molecular complexity index is 282. The fourth-order valence-corrected chi connectivity index (χ4v) is 1.32. The second-order valence-corrected chi connectivity index (χ2v) is 2.80. The molecule has 0 spiro atoms. The van der Waals surface area contributed by atoms with E-state index in [2.05, 4.69) is 15.3 Å². The molecule has 0 aliphatic carbocycles. The smallest absolute Gasteiger partial charge is 0.237 e. The molecule has 1 aromatic heterocycles.